The van der Waals surface area contributed by atoms with Gasteiger partial charge in [0, 0.05) is 31.0 Å². The summed E-state index contributed by atoms with van der Waals surface area (Å²) < 4.78 is 34.6. The Hall–Kier alpha value is -3.03. The van der Waals surface area contributed by atoms with Crippen LogP contribution in [0, 0.1) is 11.6 Å². The predicted octanol–water partition coefficient (Wildman–Crippen LogP) is 9.00. The fraction of sp³-hybridized carbons (Fsp3) is 0.355. The molecule has 1 aliphatic rings. The molecular weight excluding hydrogens is 540 g/mol. The Balaban J connectivity index is 0.00000205. The number of benzene rings is 2. The molecule has 1 aromatic heterocycles. The zero-order valence-electron chi connectivity index (χ0n) is 22.9. The maximum atomic E-state index is 14.5. The first kappa shape index (κ1) is 30.5. The van der Waals surface area contributed by atoms with Crippen LogP contribution in [0.1, 0.15) is 74.2 Å². The second kappa shape index (κ2) is 13.9. The molecule has 2 aromatic carbocycles. The molecule has 39 heavy (non-hydrogen) atoms. The molecule has 1 saturated carbocycles. The minimum atomic E-state index is -0.677. The van der Waals surface area contributed by atoms with Crippen molar-refractivity contribution in [2.75, 3.05) is 7.11 Å². The largest absolute Gasteiger partial charge is 0.496 e. The number of nitrogens with zero attached hydrogens (tertiary/aromatic N) is 1. The minimum absolute atomic E-state index is 0.00998. The monoisotopic (exact) mass is 573 g/mol. The highest BCUT2D eigenvalue weighted by Gasteiger charge is 2.32. The van der Waals surface area contributed by atoms with E-state index in [0.717, 1.165) is 40.2 Å². The number of methoxy groups -OCH3 is 1. The van der Waals surface area contributed by atoms with E-state index in [1.54, 1.807) is 12.0 Å². The van der Waals surface area contributed by atoms with Crippen LogP contribution in [0.2, 0.25) is 5.02 Å². The van der Waals surface area contributed by atoms with Crippen molar-refractivity contribution in [2.24, 2.45) is 0 Å². The lowest BCUT2D eigenvalue weighted by molar-refractivity contribution is -0.121. The lowest BCUT2D eigenvalue weighted by Gasteiger charge is -2.34. The van der Waals surface area contributed by atoms with Gasteiger partial charge in [0.25, 0.3) is 5.91 Å². The van der Waals surface area contributed by atoms with E-state index in [4.69, 9.17) is 16.3 Å². The van der Waals surface area contributed by atoms with Crippen molar-refractivity contribution in [3.63, 3.8) is 0 Å². The molecule has 0 spiro atoms. The second-order valence-electron chi connectivity index (χ2n) is 8.95. The Morgan fingerprint density at radius 2 is 1.79 bits per heavy atom. The smallest absolute Gasteiger partial charge is 0.266 e. The highest BCUT2D eigenvalue weighted by atomic mass is 35.5. The van der Waals surface area contributed by atoms with Crippen LogP contribution < -0.4 is 4.74 Å². The molecular formula is C31H34ClF2NO3S. The van der Waals surface area contributed by atoms with Gasteiger partial charge in [0.15, 0.2) is 0 Å². The van der Waals surface area contributed by atoms with Crippen LogP contribution in [0.3, 0.4) is 0 Å². The van der Waals surface area contributed by atoms with Crippen LogP contribution in [0.4, 0.5) is 8.78 Å². The molecule has 1 heterocycles. The van der Waals surface area contributed by atoms with Crippen LogP contribution in [-0.4, -0.2) is 29.7 Å². The molecule has 4 nitrogen and oxygen atoms in total. The van der Waals surface area contributed by atoms with Gasteiger partial charge >= 0.3 is 0 Å². The van der Waals surface area contributed by atoms with Gasteiger partial charge in [-0.1, -0.05) is 49.7 Å². The lowest BCUT2D eigenvalue weighted by atomic mass is 9.92. The summed E-state index contributed by atoms with van der Waals surface area (Å²) in [5.74, 6) is -0.949. The first-order valence-corrected chi connectivity index (χ1v) is 14.3. The molecule has 0 aliphatic heterocycles. The first-order chi connectivity index (χ1) is 18.8. The highest BCUT2D eigenvalue weighted by Crippen LogP contribution is 2.40. The molecule has 208 valence electrons. The number of ketones is 1. The van der Waals surface area contributed by atoms with Crippen LogP contribution in [0.25, 0.3) is 15.7 Å². The third-order valence-corrected chi connectivity index (χ3v) is 8.38. The lowest BCUT2D eigenvalue weighted by Crippen LogP contribution is -2.42. The molecule has 0 saturated heterocycles. The number of Topliss-reactive ketones (excluding diaryl/α,β-unsaturated/α-hetero) is 1. The Morgan fingerprint density at radius 1 is 1.13 bits per heavy atom. The Morgan fingerprint density at radius 3 is 2.38 bits per heavy atom. The molecule has 0 bridgehead atoms. The van der Waals surface area contributed by atoms with Crippen molar-refractivity contribution in [1.82, 2.24) is 4.90 Å². The summed E-state index contributed by atoms with van der Waals surface area (Å²) in [4.78, 5) is 27.7. The molecule has 0 atom stereocenters. The Bertz CT molecular complexity index is 1400. The molecule has 1 amide bonds. The molecule has 1 aliphatic carbocycles. The van der Waals surface area contributed by atoms with E-state index >= 15 is 0 Å². The number of allylic oxidation sites excluding steroid dienone is 4. The summed E-state index contributed by atoms with van der Waals surface area (Å²) in [7, 11) is 1.57. The SMILES string of the molecule is C/C=C\C(=C/C)c1ccc(OC)c(CN(C(=O)c2sc3c(F)ccc(F)c3c2Cl)C2CCC(=O)CC2)c1.CC. The normalized spacial score (nSPS) is 14.5. The van der Waals surface area contributed by atoms with Crippen molar-refractivity contribution in [3.05, 3.63) is 81.2 Å². The van der Waals surface area contributed by atoms with Crippen molar-refractivity contribution in [1.29, 1.82) is 0 Å². The number of fused-ring (bicyclic) bond motifs is 1. The Kier molecular flexibility index (Phi) is 10.8. The molecule has 4 rings (SSSR count). The van der Waals surface area contributed by atoms with E-state index in [0.29, 0.717) is 31.4 Å². The van der Waals surface area contributed by atoms with E-state index in [-0.39, 0.29) is 38.4 Å². The molecule has 1 fully saturated rings. The van der Waals surface area contributed by atoms with Gasteiger partial charge < -0.3 is 9.64 Å². The van der Waals surface area contributed by atoms with Crippen LogP contribution in [-0.2, 0) is 11.3 Å². The third-order valence-electron chi connectivity index (χ3n) is 6.70. The third kappa shape index (κ3) is 6.59. The van der Waals surface area contributed by atoms with E-state index in [9.17, 15) is 18.4 Å². The van der Waals surface area contributed by atoms with Gasteiger partial charge in [0.1, 0.15) is 28.0 Å². The molecule has 3 aromatic rings. The average molecular weight is 574 g/mol. The number of rotatable bonds is 7. The van der Waals surface area contributed by atoms with E-state index < -0.39 is 17.5 Å². The minimum Gasteiger partial charge on any atom is -0.496 e. The van der Waals surface area contributed by atoms with Gasteiger partial charge in [-0.3, -0.25) is 9.59 Å². The van der Waals surface area contributed by atoms with Crippen LogP contribution in [0.15, 0.2) is 48.6 Å². The molecule has 8 heteroatoms. The number of hydrogen-bond donors (Lipinski definition) is 0. The fourth-order valence-electron chi connectivity index (χ4n) is 4.77. The summed E-state index contributed by atoms with van der Waals surface area (Å²) >= 11 is 7.33. The fourth-order valence-corrected chi connectivity index (χ4v) is 6.28. The highest BCUT2D eigenvalue weighted by molar-refractivity contribution is 7.21. The summed E-state index contributed by atoms with van der Waals surface area (Å²) in [5.41, 5.74) is 2.77. The number of thiophene rings is 1. The van der Waals surface area contributed by atoms with Gasteiger partial charge in [-0.05, 0) is 62.1 Å². The number of ether oxygens (including phenoxy) is 1. The van der Waals surface area contributed by atoms with Crippen molar-refractivity contribution in [3.8, 4) is 5.75 Å². The topological polar surface area (TPSA) is 46.6 Å². The number of hydrogen-bond acceptors (Lipinski definition) is 4. The van der Waals surface area contributed by atoms with Crippen molar-refractivity contribution in [2.45, 2.75) is 66.0 Å². The number of carbonyl (C=O) groups is 2. The second-order valence-corrected chi connectivity index (χ2v) is 10.4. The van der Waals surface area contributed by atoms with E-state index in [2.05, 4.69) is 0 Å². The van der Waals surface area contributed by atoms with Gasteiger partial charge in [0.2, 0.25) is 0 Å². The average Bonchev–Trinajstić information content (AvgIpc) is 3.32. The summed E-state index contributed by atoms with van der Waals surface area (Å²) in [6, 6.07) is 7.61. The van der Waals surface area contributed by atoms with E-state index in [1.807, 2.05) is 64.1 Å². The molecule has 0 radical (unpaired) electrons. The zero-order chi connectivity index (χ0) is 28.7. The summed E-state index contributed by atoms with van der Waals surface area (Å²) in [5, 5.41) is -0.179. The van der Waals surface area contributed by atoms with E-state index in [1.165, 1.54) is 0 Å². The molecule has 0 N–H and O–H groups in total. The maximum Gasteiger partial charge on any atom is 0.266 e. The van der Waals surface area contributed by atoms with Crippen molar-refractivity contribution >= 4 is 50.3 Å². The Labute approximate surface area is 237 Å². The molecule has 0 unspecified atom stereocenters. The zero-order valence-corrected chi connectivity index (χ0v) is 24.5. The van der Waals surface area contributed by atoms with Crippen LogP contribution in [0.5, 0.6) is 5.75 Å². The number of carbonyl (C=O) groups excluding carboxylic acids is 2. The van der Waals surface area contributed by atoms with Crippen LogP contribution >= 0.6 is 22.9 Å². The number of amides is 1. The standard InChI is InChI=1S/C29H28ClF2NO3S.C2H6/c1-4-6-17(5-2)18-7-14-24(36-3)19(15-18)16-33(20-8-10-21(34)11-9-20)29(35)28-26(30)25-22(31)12-13-23(32)27(25)37-28;1-2/h4-7,12-15,20H,8-11,16H2,1-3H3;1-2H3/b6-4-,17-5+;. The maximum absolute atomic E-state index is 14.5. The van der Waals surface area contributed by atoms with Gasteiger partial charge in [-0.25, -0.2) is 8.78 Å². The summed E-state index contributed by atoms with van der Waals surface area (Å²) in [6.45, 7) is 8.09. The summed E-state index contributed by atoms with van der Waals surface area (Å²) in [6.07, 6.45) is 7.73. The van der Waals surface area contributed by atoms with Gasteiger partial charge in [0.05, 0.1) is 22.2 Å². The van der Waals surface area contributed by atoms with Crippen molar-refractivity contribution < 1.29 is 23.1 Å². The quantitative estimate of drug-likeness (QED) is 0.265. The van der Waals surface area contributed by atoms with Gasteiger partial charge in [-0.15, -0.1) is 11.3 Å². The number of halogens is 3. The first-order valence-electron chi connectivity index (χ1n) is 13.1. The van der Waals surface area contributed by atoms with Gasteiger partial charge in [-0.2, -0.15) is 0 Å². The predicted molar refractivity (Wildman–Crippen MR) is 157 cm³/mol.